The highest BCUT2D eigenvalue weighted by molar-refractivity contribution is 7.10. The maximum Gasteiger partial charge on any atom is 0.254 e. The largest absolute Gasteiger partial charge is 0.330 e. The fourth-order valence-corrected chi connectivity index (χ4v) is 6.04. The number of thiophene rings is 1. The lowest BCUT2D eigenvalue weighted by Gasteiger charge is -2.38. The molecule has 3 aromatic carbocycles. The van der Waals surface area contributed by atoms with E-state index in [1.807, 2.05) is 71.6 Å². The van der Waals surface area contributed by atoms with Gasteiger partial charge in [-0.2, -0.15) is 0 Å². The minimum Gasteiger partial charge on any atom is -0.330 e. The maximum atomic E-state index is 13.8. The molecule has 1 aliphatic heterocycles. The Balaban J connectivity index is 1.43. The molecule has 0 saturated carbocycles. The van der Waals surface area contributed by atoms with Gasteiger partial charge in [0.25, 0.3) is 5.91 Å². The second-order valence-corrected chi connectivity index (χ2v) is 11.2. The molecule has 1 unspecified atom stereocenters. The van der Waals surface area contributed by atoms with E-state index in [0.717, 1.165) is 28.3 Å². The molecule has 0 fully saturated rings. The Morgan fingerprint density at radius 3 is 2.53 bits per heavy atom. The summed E-state index contributed by atoms with van der Waals surface area (Å²) in [6, 6.07) is 23.4. The van der Waals surface area contributed by atoms with Gasteiger partial charge in [-0.05, 0) is 69.9 Å². The molecule has 5 rings (SSSR count). The molecular weight excluding hydrogens is 488 g/mol. The van der Waals surface area contributed by atoms with Crippen molar-refractivity contribution in [1.29, 1.82) is 0 Å². The number of halogens is 1. The highest BCUT2D eigenvalue weighted by atomic mass is 35.5. The predicted molar refractivity (Wildman–Crippen MR) is 148 cm³/mol. The van der Waals surface area contributed by atoms with Crippen LogP contribution in [0.2, 0.25) is 5.02 Å². The average molecular weight is 517 g/mol. The summed E-state index contributed by atoms with van der Waals surface area (Å²) in [6.45, 7) is 5.33. The summed E-state index contributed by atoms with van der Waals surface area (Å²) in [5.74, 6) is 0.0831. The standard InChI is InChI=1S/C30H29ClN2O2S/c1-20(2)18-32(30(35)24-8-7-21-5-3-4-6-23(21)17-24)19-28(34)33-15-13-27-26(14-16-36-27)29(33)22-9-11-25(31)12-10-22/h3-12,14,16-17,20,29H,13,15,18-19H2,1-2H3. The van der Waals surface area contributed by atoms with Crippen LogP contribution in [0.5, 0.6) is 0 Å². The Bertz CT molecular complexity index is 1400. The van der Waals surface area contributed by atoms with E-state index < -0.39 is 0 Å². The Kier molecular flexibility index (Phi) is 7.13. The summed E-state index contributed by atoms with van der Waals surface area (Å²) in [5, 5.41) is 4.87. The molecule has 0 bridgehead atoms. The number of hydrogen-bond donors (Lipinski definition) is 0. The number of rotatable bonds is 6. The Morgan fingerprint density at radius 2 is 1.78 bits per heavy atom. The van der Waals surface area contributed by atoms with Gasteiger partial charge in [0.2, 0.25) is 5.91 Å². The molecule has 1 aliphatic rings. The van der Waals surface area contributed by atoms with Crippen molar-refractivity contribution in [3.8, 4) is 0 Å². The maximum absolute atomic E-state index is 13.8. The molecule has 6 heteroatoms. The Morgan fingerprint density at radius 1 is 1.03 bits per heavy atom. The summed E-state index contributed by atoms with van der Waals surface area (Å²) in [5.41, 5.74) is 2.80. The van der Waals surface area contributed by atoms with Crippen LogP contribution in [0.15, 0.2) is 78.2 Å². The zero-order valence-electron chi connectivity index (χ0n) is 20.5. The number of benzene rings is 3. The van der Waals surface area contributed by atoms with Crippen molar-refractivity contribution in [2.45, 2.75) is 26.3 Å². The zero-order chi connectivity index (χ0) is 25.2. The monoisotopic (exact) mass is 516 g/mol. The predicted octanol–water partition coefficient (Wildman–Crippen LogP) is 6.83. The molecule has 36 heavy (non-hydrogen) atoms. The van der Waals surface area contributed by atoms with E-state index in [9.17, 15) is 9.59 Å². The van der Waals surface area contributed by atoms with Crippen LogP contribution in [0.1, 0.15) is 46.3 Å². The van der Waals surface area contributed by atoms with Crippen LogP contribution in [0.25, 0.3) is 10.8 Å². The third-order valence-electron chi connectivity index (χ3n) is 6.67. The molecule has 0 spiro atoms. The lowest BCUT2D eigenvalue weighted by Crippen LogP contribution is -2.47. The van der Waals surface area contributed by atoms with E-state index in [2.05, 4.69) is 25.3 Å². The highest BCUT2D eigenvalue weighted by Gasteiger charge is 2.34. The van der Waals surface area contributed by atoms with Crippen molar-refractivity contribution in [2.24, 2.45) is 5.92 Å². The molecule has 4 nitrogen and oxygen atoms in total. The lowest BCUT2D eigenvalue weighted by molar-refractivity contribution is -0.134. The molecule has 1 atom stereocenters. The lowest BCUT2D eigenvalue weighted by atomic mass is 9.93. The summed E-state index contributed by atoms with van der Waals surface area (Å²) in [7, 11) is 0. The average Bonchev–Trinajstić information content (AvgIpc) is 3.36. The van der Waals surface area contributed by atoms with Gasteiger partial charge >= 0.3 is 0 Å². The van der Waals surface area contributed by atoms with E-state index >= 15 is 0 Å². The minimum atomic E-state index is -0.179. The normalized spacial score (nSPS) is 15.2. The molecule has 0 aliphatic carbocycles. The van der Waals surface area contributed by atoms with Gasteiger partial charge in [-0.1, -0.05) is 67.9 Å². The van der Waals surface area contributed by atoms with Gasteiger partial charge < -0.3 is 9.80 Å². The van der Waals surface area contributed by atoms with Crippen LogP contribution in [-0.2, 0) is 11.2 Å². The number of nitrogens with zero attached hydrogens (tertiary/aromatic N) is 2. The van der Waals surface area contributed by atoms with Crippen LogP contribution in [0.3, 0.4) is 0 Å². The molecule has 2 heterocycles. The summed E-state index contributed by atoms with van der Waals surface area (Å²) < 4.78 is 0. The molecule has 1 aromatic heterocycles. The number of amides is 2. The summed E-state index contributed by atoms with van der Waals surface area (Å²) in [6.07, 6.45) is 0.825. The van der Waals surface area contributed by atoms with E-state index in [1.54, 1.807) is 16.2 Å². The first kappa shape index (κ1) is 24.5. The fraction of sp³-hybridized carbons (Fsp3) is 0.267. The topological polar surface area (TPSA) is 40.6 Å². The van der Waals surface area contributed by atoms with Crippen LogP contribution < -0.4 is 0 Å². The fourth-order valence-electron chi connectivity index (χ4n) is 5.01. The van der Waals surface area contributed by atoms with Crippen molar-refractivity contribution in [3.63, 3.8) is 0 Å². The van der Waals surface area contributed by atoms with Crippen LogP contribution >= 0.6 is 22.9 Å². The molecule has 184 valence electrons. The first-order valence-electron chi connectivity index (χ1n) is 12.3. The molecule has 0 radical (unpaired) electrons. The van der Waals surface area contributed by atoms with Gasteiger partial charge in [0.15, 0.2) is 0 Å². The van der Waals surface area contributed by atoms with Gasteiger partial charge in [-0.15, -0.1) is 11.3 Å². The van der Waals surface area contributed by atoms with Crippen LogP contribution in [0.4, 0.5) is 0 Å². The quantitative estimate of drug-likeness (QED) is 0.282. The van der Waals surface area contributed by atoms with Gasteiger partial charge in [0.05, 0.1) is 6.04 Å². The molecule has 2 amide bonds. The number of hydrogen-bond acceptors (Lipinski definition) is 3. The summed E-state index contributed by atoms with van der Waals surface area (Å²) >= 11 is 7.89. The van der Waals surface area contributed by atoms with Gasteiger partial charge in [-0.25, -0.2) is 0 Å². The van der Waals surface area contributed by atoms with E-state index in [0.29, 0.717) is 23.7 Å². The van der Waals surface area contributed by atoms with Gasteiger partial charge in [0, 0.05) is 28.6 Å². The minimum absolute atomic E-state index is 0.0402. The first-order valence-corrected chi connectivity index (χ1v) is 13.6. The Hall–Kier alpha value is -3.15. The van der Waals surface area contributed by atoms with E-state index in [-0.39, 0.29) is 30.3 Å². The SMILES string of the molecule is CC(C)CN(CC(=O)N1CCc2sccc2C1c1ccc(Cl)cc1)C(=O)c1ccc2ccccc2c1. The molecule has 0 saturated heterocycles. The summed E-state index contributed by atoms with van der Waals surface area (Å²) in [4.78, 5) is 32.4. The number of fused-ring (bicyclic) bond motifs is 2. The van der Waals surface area contributed by atoms with Crippen molar-refractivity contribution < 1.29 is 9.59 Å². The third-order valence-corrected chi connectivity index (χ3v) is 7.92. The van der Waals surface area contributed by atoms with Gasteiger partial charge in [0.1, 0.15) is 6.54 Å². The highest BCUT2D eigenvalue weighted by Crippen LogP contribution is 2.38. The first-order chi connectivity index (χ1) is 17.4. The van der Waals surface area contributed by atoms with Crippen molar-refractivity contribution in [2.75, 3.05) is 19.6 Å². The van der Waals surface area contributed by atoms with E-state index in [1.165, 1.54) is 4.88 Å². The number of carbonyl (C=O) groups is 2. The second-order valence-electron chi connectivity index (χ2n) is 9.73. The van der Waals surface area contributed by atoms with Gasteiger partial charge in [-0.3, -0.25) is 9.59 Å². The van der Waals surface area contributed by atoms with Crippen LogP contribution in [0, 0.1) is 5.92 Å². The molecule has 4 aromatic rings. The zero-order valence-corrected chi connectivity index (χ0v) is 22.1. The van der Waals surface area contributed by atoms with Crippen molar-refractivity contribution >= 4 is 45.5 Å². The second kappa shape index (κ2) is 10.5. The van der Waals surface area contributed by atoms with E-state index in [4.69, 9.17) is 11.6 Å². The third kappa shape index (κ3) is 5.04. The molecule has 0 N–H and O–H groups in total. The van der Waals surface area contributed by atoms with Crippen LogP contribution in [-0.4, -0.2) is 41.2 Å². The Labute approximate surface area is 221 Å². The van der Waals surface area contributed by atoms with Crippen molar-refractivity contribution in [3.05, 3.63) is 105 Å². The van der Waals surface area contributed by atoms with Crippen molar-refractivity contribution in [1.82, 2.24) is 9.80 Å². The molecular formula is C30H29ClN2O2S. The number of carbonyl (C=O) groups excluding carboxylic acids is 2. The smallest absolute Gasteiger partial charge is 0.254 e.